The van der Waals surface area contributed by atoms with Gasteiger partial charge in [-0.3, -0.25) is 10.0 Å². The molecule has 2 heterocycles. The van der Waals surface area contributed by atoms with Crippen LogP contribution in [-0.4, -0.2) is 24.7 Å². The van der Waals surface area contributed by atoms with Crippen LogP contribution in [0, 0.1) is 5.82 Å². The average molecular weight is 460 g/mol. The number of carbonyl (C=O) groups excluding carboxylic acids is 1. The van der Waals surface area contributed by atoms with E-state index in [-0.39, 0.29) is 10.5 Å². The zero-order valence-electron chi connectivity index (χ0n) is 17.9. The number of nitrogens with one attached hydrogen (secondary N) is 1. The molecule has 0 bridgehead atoms. The van der Waals surface area contributed by atoms with Crippen molar-refractivity contribution in [2.45, 2.75) is 25.6 Å². The second kappa shape index (κ2) is 8.38. The van der Waals surface area contributed by atoms with E-state index in [1.54, 1.807) is 31.2 Å². The predicted octanol–water partition coefficient (Wildman–Crippen LogP) is 4.52. The first-order valence-corrected chi connectivity index (χ1v) is 10.3. The Hall–Kier alpha value is -3.62. The van der Waals surface area contributed by atoms with E-state index in [9.17, 15) is 27.6 Å². The molecule has 0 fully saturated rings. The Labute approximate surface area is 187 Å². The number of alkyl halides is 3. The summed E-state index contributed by atoms with van der Waals surface area (Å²) in [7, 11) is 1.92. The average Bonchev–Trinajstić information content (AvgIpc) is 3.13. The lowest BCUT2D eigenvalue weighted by Crippen LogP contribution is -2.40. The second-order valence-electron chi connectivity index (χ2n) is 8.09. The number of halogens is 4. The molecule has 0 aliphatic carbocycles. The number of benzene rings is 2. The van der Waals surface area contributed by atoms with E-state index in [0.29, 0.717) is 11.1 Å². The molecule has 2 aromatic carbocycles. The third-order valence-corrected chi connectivity index (χ3v) is 5.84. The lowest BCUT2D eigenvalue weighted by molar-refractivity contribution is -0.915. The maximum absolute atomic E-state index is 13.4. The zero-order chi connectivity index (χ0) is 23.9. The highest BCUT2D eigenvalue weighted by Gasteiger charge is 2.42. The van der Waals surface area contributed by atoms with Gasteiger partial charge in [-0.25, -0.2) is 4.39 Å². The first-order chi connectivity index (χ1) is 15.5. The molecule has 9 heteroatoms. The Kier molecular flexibility index (Phi) is 5.73. The van der Waals surface area contributed by atoms with E-state index < -0.39 is 23.8 Å². The second-order valence-corrected chi connectivity index (χ2v) is 8.09. The van der Waals surface area contributed by atoms with Crippen molar-refractivity contribution < 1.29 is 32.3 Å². The lowest BCUT2D eigenvalue weighted by atomic mass is 9.95. The van der Waals surface area contributed by atoms with Gasteiger partial charge in [0.2, 0.25) is 6.20 Å². The predicted molar refractivity (Wildman–Crippen MR) is 114 cm³/mol. The summed E-state index contributed by atoms with van der Waals surface area (Å²) in [5.74, 6) is -0.772. The number of fused-ring (bicyclic) bond motifs is 1. The van der Waals surface area contributed by atoms with Gasteiger partial charge < -0.3 is 10.2 Å². The van der Waals surface area contributed by atoms with Gasteiger partial charge in [0.05, 0.1) is 6.04 Å². The highest BCUT2D eigenvalue weighted by atomic mass is 19.4. The van der Waals surface area contributed by atoms with Crippen LogP contribution in [0.15, 0.2) is 54.7 Å². The van der Waals surface area contributed by atoms with Crippen molar-refractivity contribution in [3.63, 3.8) is 0 Å². The number of hydrogen-bond acceptors (Lipinski definition) is 3. The van der Waals surface area contributed by atoms with E-state index in [1.807, 2.05) is 11.9 Å². The van der Waals surface area contributed by atoms with Crippen molar-refractivity contribution >= 4 is 11.6 Å². The Morgan fingerprint density at radius 3 is 2.48 bits per heavy atom. The lowest BCUT2D eigenvalue weighted by Gasteiger charge is -2.18. The molecule has 1 amide bonds. The standard InChI is InChI=1S/C24H21F4N3O2/c1-14(16-5-8-22(24(26,27)28)31(33)13-16)29-23(32)17-11-20(15-3-6-18(25)7-4-15)19-9-10-30(2)21(19)12-17/h3-8,11-14H,9-10H2,1-2H3,(H-,29,32,33)/p+1/t14-/m1/s1. The van der Waals surface area contributed by atoms with Crippen LogP contribution >= 0.6 is 0 Å². The number of carbonyl (C=O) groups is 1. The van der Waals surface area contributed by atoms with Gasteiger partial charge in [0.15, 0.2) is 0 Å². The minimum atomic E-state index is -4.70. The molecule has 4 rings (SSSR count). The van der Waals surface area contributed by atoms with Gasteiger partial charge in [-0.2, -0.15) is 13.2 Å². The molecule has 1 aromatic heterocycles. The molecule has 33 heavy (non-hydrogen) atoms. The van der Waals surface area contributed by atoms with Gasteiger partial charge >= 0.3 is 11.9 Å². The van der Waals surface area contributed by atoms with Gasteiger partial charge in [0.1, 0.15) is 5.82 Å². The summed E-state index contributed by atoms with van der Waals surface area (Å²) in [6.45, 7) is 2.40. The van der Waals surface area contributed by atoms with Gasteiger partial charge in [-0.1, -0.05) is 12.1 Å². The molecule has 2 N–H and O–H groups in total. The molecule has 0 saturated heterocycles. The van der Waals surface area contributed by atoms with Crippen LogP contribution in [-0.2, 0) is 12.6 Å². The SMILES string of the molecule is C[C@@H](NC(=O)c1cc(-c2ccc(F)cc2)c2c(c1)N(C)CC2)c1ccc(C(F)(F)F)[n+](O)c1. The molecule has 1 aliphatic rings. The van der Waals surface area contributed by atoms with Crippen molar-refractivity contribution in [1.29, 1.82) is 0 Å². The maximum atomic E-state index is 13.4. The molecule has 172 valence electrons. The summed E-state index contributed by atoms with van der Waals surface area (Å²) in [5, 5.41) is 12.5. The third kappa shape index (κ3) is 4.48. The Morgan fingerprint density at radius 1 is 1.15 bits per heavy atom. The summed E-state index contributed by atoms with van der Waals surface area (Å²) >= 11 is 0. The van der Waals surface area contributed by atoms with Crippen molar-refractivity contribution in [1.82, 2.24) is 5.32 Å². The topological polar surface area (TPSA) is 56.5 Å². The fourth-order valence-corrected chi connectivity index (χ4v) is 4.03. The van der Waals surface area contributed by atoms with E-state index in [1.165, 1.54) is 18.2 Å². The van der Waals surface area contributed by atoms with E-state index >= 15 is 0 Å². The van der Waals surface area contributed by atoms with Crippen LogP contribution < -0.4 is 14.9 Å². The summed E-state index contributed by atoms with van der Waals surface area (Å²) in [4.78, 5) is 15.1. The number of anilines is 1. The highest BCUT2D eigenvalue weighted by molar-refractivity contribution is 5.98. The fraction of sp³-hybridized carbons (Fsp3) is 0.250. The van der Waals surface area contributed by atoms with Gasteiger partial charge in [-0.05, 0) is 60.4 Å². The molecule has 0 unspecified atom stereocenters. The number of aromatic nitrogens is 1. The van der Waals surface area contributed by atoms with Crippen molar-refractivity contribution in [2.24, 2.45) is 0 Å². The van der Waals surface area contributed by atoms with Crippen molar-refractivity contribution in [2.75, 3.05) is 18.5 Å². The highest BCUT2D eigenvalue weighted by Crippen LogP contribution is 2.37. The van der Waals surface area contributed by atoms with Crippen LogP contribution in [0.4, 0.5) is 23.2 Å². The number of amides is 1. The van der Waals surface area contributed by atoms with Crippen LogP contribution in [0.3, 0.4) is 0 Å². The first kappa shape index (κ1) is 22.6. The van der Waals surface area contributed by atoms with Crippen LogP contribution in [0.2, 0.25) is 0 Å². The Bertz CT molecular complexity index is 1210. The van der Waals surface area contributed by atoms with Crippen LogP contribution in [0.5, 0.6) is 0 Å². The smallest absolute Gasteiger partial charge is 0.374 e. The van der Waals surface area contributed by atoms with E-state index in [4.69, 9.17) is 0 Å². The van der Waals surface area contributed by atoms with E-state index in [0.717, 1.165) is 47.6 Å². The van der Waals surface area contributed by atoms with Gasteiger partial charge in [-0.15, -0.1) is 0 Å². The molecular formula is C24H22F4N3O2+. The molecule has 3 aromatic rings. The normalized spacial score (nSPS) is 14.2. The molecule has 0 saturated carbocycles. The minimum Gasteiger partial charge on any atom is -0.374 e. The Balaban J connectivity index is 1.63. The molecule has 5 nitrogen and oxygen atoms in total. The fourth-order valence-electron chi connectivity index (χ4n) is 4.03. The largest absolute Gasteiger partial charge is 0.482 e. The monoisotopic (exact) mass is 460 g/mol. The molecule has 0 spiro atoms. The molecule has 1 atom stereocenters. The summed E-state index contributed by atoms with van der Waals surface area (Å²) in [5.41, 5.74) is 3.05. The molecule has 0 radical (unpaired) electrons. The van der Waals surface area contributed by atoms with E-state index in [2.05, 4.69) is 5.32 Å². The van der Waals surface area contributed by atoms with Crippen LogP contribution in [0.1, 0.15) is 40.1 Å². The zero-order valence-corrected chi connectivity index (χ0v) is 17.9. The molecule has 1 aliphatic heterocycles. The number of rotatable bonds is 4. The van der Waals surface area contributed by atoms with Gasteiger partial charge in [0, 0.05) is 41.2 Å². The number of hydrogen-bond donors (Lipinski definition) is 2. The third-order valence-electron chi connectivity index (χ3n) is 5.84. The summed E-state index contributed by atoms with van der Waals surface area (Å²) < 4.78 is 52.1. The van der Waals surface area contributed by atoms with Crippen LogP contribution in [0.25, 0.3) is 11.1 Å². The number of nitrogens with zero attached hydrogens (tertiary/aromatic N) is 2. The Morgan fingerprint density at radius 2 is 1.85 bits per heavy atom. The first-order valence-electron chi connectivity index (χ1n) is 10.3. The maximum Gasteiger partial charge on any atom is 0.482 e. The molecular weight excluding hydrogens is 438 g/mol. The summed E-state index contributed by atoms with van der Waals surface area (Å²) in [6.07, 6.45) is -2.99. The van der Waals surface area contributed by atoms with Crippen molar-refractivity contribution in [3.05, 3.63) is 82.9 Å². The number of pyridine rings is 1. The minimum absolute atomic E-state index is 0.00891. The van der Waals surface area contributed by atoms with Crippen molar-refractivity contribution in [3.8, 4) is 11.1 Å². The summed E-state index contributed by atoms with van der Waals surface area (Å²) in [6, 6.07) is 10.9. The van der Waals surface area contributed by atoms with Gasteiger partial charge in [0.25, 0.3) is 5.91 Å². The number of likely N-dealkylation sites (N-methyl/N-ethyl adjacent to an activating group) is 1. The quantitative estimate of drug-likeness (QED) is 0.342.